The first-order chi connectivity index (χ1) is 27.2. The first kappa shape index (κ1) is 40.7. The molecular formula is C44H59ClN6O4S. The molecule has 3 aromatic rings. The maximum Gasteiger partial charge on any atom is 0.415 e. The number of carbonyl (C=O) groups is 3. The third kappa shape index (κ3) is 10.5. The number of nitrogens with zero attached hydrogens (tertiary/aromatic N) is 4. The maximum atomic E-state index is 14.8. The van der Waals surface area contributed by atoms with E-state index in [2.05, 4.69) is 50.8 Å². The Labute approximate surface area is 341 Å². The predicted molar refractivity (Wildman–Crippen MR) is 223 cm³/mol. The molecule has 3 amide bonds. The van der Waals surface area contributed by atoms with E-state index in [-0.39, 0.29) is 43.2 Å². The monoisotopic (exact) mass is 802 g/mol. The van der Waals surface area contributed by atoms with Crippen LogP contribution in [0.4, 0.5) is 4.79 Å². The Morgan fingerprint density at radius 2 is 1.71 bits per heavy atom. The first-order valence-electron chi connectivity index (χ1n) is 20.8. The van der Waals surface area contributed by atoms with E-state index in [9.17, 15) is 14.4 Å². The summed E-state index contributed by atoms with van der Waals surface area (Å²) in [6.45, 7) is 9.43. The largest absolute Gasteiger partial charge is 0.415 e. The second-order valence-electron chi connectivity index (χ2n) is 16.5. The summed E-state index contributed by atoms with van der Waals surface area (Å²) in [6.07, 6.45) is 10.3. The third-order valence-electron chi connectivity index (χ3n) is 12.6. The quantitative estimate of drug-likeness (QED) is 0.168. The van der Waals surface area contributed by atoms with E-state index in [0.29, 0.717) is 17.0 Å². The molecule has 2 aromatic carbocycles. The van der Waals surface area contributed by atoms with Crippen molar-refractivity contribution in [2.75, 3.05) is 52.4 Å². The summed E-state index contributed by atoms with van der Waals surface area (Å²) in [7, 11) is 0. The van der Waals surface area contributed by atoms with E-state index in [4.69, 9.17) is 16.3 Å². The van der Waals surface area contributed by atoms with Crippen LogP contribution in [-0.2, 0) is 22.7 Å². The Hall–Kier alpha value is -3.48. The highest BCUT2D eigenvalue weighted by Crippen LogP contribution is 2.44. The number of carbonyl (C=O) groups excluding carboxylic acids is 3. The van der Waals surface area contributed by atoms with Crippen molar-refractivity contribution in [2.24, 2.45) is 5.41 Å². The minimum Gasteiger partial charge on any atom is -0.409 e. The Morgan fingerprint density at radius 1 is 0.911 bits per heavy atom. The zero-order chi connectivity index (χ0) is 38.9. The summed E-state index contributed by atoms with van der Waals surface area (Å²) in [6, 6.07) is 19.0. The van der Waals surface area contributed by atoms with Crippen molar-refractivity contribution in [3.8, 4) is 5.75 Å². The fourth-order valence-corrected chi connectivity index (χ4v) is 10.1. The highest BCUT2D eigenvalue weighted by molar-refractivity contribution is 7.09. The van der Waals surface area contributed by atoms with Gasteiger partial charge in [-0.2, -0.15) is 0 Å². The zero-order valence-corrected chi connectivity index (χ0v) is 34.5. The third-order valence-corrected chi connectivity index (χ3v) is 13.9. The minimum atomic E-state index is -0.852. The van der Waals surface area contributed by atoms with E-state index in [1.165, 1.54) is 29.7 Å². The molecule has 1 spiro atoms. The zero-order valence-electron chi connectivity index (χ0n) is 32.9. The molecule has 4 fully saturated rings. The van der Waals surface area contributed by atoms with Gasteiger partial charge in [-0.15, -0.1) is 11.3 Å². The molecule has 2 atom stereocenters. The summed E-state index contributed by atoms with van der Waals surface area (Å²) in [5.41, 5.74) is 2.53. The summed E-state index contributed by atoms with van der Waals surface area (Å²) < 4.78 is 5.74. The molecular weight excluding hydrogens is 744 g/mol. The van der Waals surface area contributed by atoms with Crippen LogP contribution in [0.15, 0.2) is 66.0 Å². The molecule has 1 saturated carbocycles. The molecule has 3 aliphatic heterocycles. The van der Waals surface area contributed by atoms with Crippen LogP contribution in [-0.4, -0.2) is 108 Å². The number of hydrogen-bond donors (Lipinski definition) is 2. The number of aryl methyl sites for hydroxylation is 1. The Bertz CT molecular complexity index is 1750. The highest BCUT2D eigenvalue weighted by atomic mass is 35.5. The molecule has 0 unspecified atom stereocenters. The molecule has 7 rings (SSSR count). The standard InChI is InChI=1S/C44H59ClN6O4S/c1-33-11-9-16-39(40(33)45)55-43(54)50-26-27-51(38(31-50)41(52)46-29-36-14-10-28-56-36)42(53)37(15-5-6-22-48-23-7-8-24-48)47-35-17-19-44(20-18-35)21-25-49(32-44)30-34-12-3-2-4-13-34/h2-4,9-14,16,28,35,37-38,47H,5-8,15,17-27,29-32H2,1H3,(H,46,52)/t35?,37-,38+,44?/m1/s1. The normalized spacial score (nSPS) is 23.8. The number of nitrogens with one attached hydrogen (secondary N) is 2. The van der Waals surface area contributed by atoms with Gasteiger partial charge in [0.25, 0.3) is 0 Å². The number of amides is 3. The van der Waals surface area contributed by atoms with Gasteiger partial charge in [0.1, 0.15) is 6.04 Å². The number of hydrogen-bond acceptors (Lipinski definition) is 8. The number of rotatable bonds is 14. The van der Waals surface area contributed by atoms with Gasteiger partial charge in [-0.25, -0.2) is 4.79 Å². The molecule has 12 heteroatoms. The molecule has 1 aromatic heterocycles. The molecule has 56 heavy (non-hydrogen) atoms. The second-order valence-corrected chi connectivity index (χ2v) is 17.9. The van der Waals surface area contributed by atoms with Crippen molar-refractivity contribution >= 4 is 40.8 Å². The van der Waals surface area contributed by atoms with Crippen LogP contribution in [0, 0.1) is 12.3 Å². The van der Waals surface area contributed by atoms with Crippen molar-refractivity contribution in [2.45, 2.75) is 102 Å². The Kier molecular flexibility index (Phi) is 14.0. The van der Waals surface area contributed by atoms with Gasteiger partial charge in [0.15, 0.2) is 5.75 Å². The average Bonchev–Trinajstić information content (AvgIpc) is 4.02. The summed E-state index contributed by atoms with van der Waals surface area (Å²) in [4.78, 5) is 51.7. The van der Waals surface area contributed by atoms with E-state index in [1.807, 2.05) is 30.5 Å². The number of ether oxygens (including phenoxy) is 1. The average molecular weight is 804 g/mol. The second kappa shape index (κ2) is 19.3. The van der Waals surface area contributed by atoms with E-state index >= 15 is 0 Å². The van der Waals surface area contributed by atoms with Crippen LogP contribution in [0.3, 0.4) is 0 Å². The van der Waals surface area contributed by atoms with Crippen LogP contribution in [0.5, 0.6) is 5.75 Å². The van der Waals surface area contributed by atoms with Crippen molar-refractivity contribution in [1.29, 1.82) is 0 Å². The van der Waals surface area contributed by atoms with Gasteiger partial charge >= 0.3 is 6.09 Å². The molecule has 302 valence electrons. The minimum absolute atomic E-state index is 0.0391. The predicted octanol–water partition coefficient (Wildman–Crippen LogP) is 7.10. The van der Waals surface area contributed by atoms with Crippen LogP contribution in [0.1, 0.15) is 80.2 Å². The lowest BCUT2D eigenvalue weighted by molar-refractivity contribution is -0.145. The molecule has 4 aliphatic rings. The highest BCUT2D eigenvalue weighted by Gasteiger charge is 2.43. The lowest BCUT2D eigenvalue weighted by atomic mass is 9.72. The first-order valence-corrected chi connectivity index (χ1v) is 22.1. The Balaban J connectivity index is 1.02. The van der Waals surface area contributed by atoms with Gasteiger partial charge in [0, 0.05) is 37.1 Å². The van der Waals surface area contributed by atoms with Gasteiger partial charge in [0.05, 0.1) is 24.2 Å². The number of unbranched alkanes of at least 4 members (excludes halogenated alkanes) is 1. The topological polar surface area (TPSA) is 97.5 Å². The summed E-state index contributed by atoms with van der Waals surface area (Å²) in [5.74, 6) is -0.0401. The molecule has 4 heterocycles. The van der Waals surface area contributed by atoms with E-state index in [0.717, 1.165) is 94.7 Å². The number of piperazine rings is 1. The molecule has 10 nitrogen and oxygen atoms in total. The molecule has 0 bridgehead atoms. The fraction of sp³-hybridized carbons (Fsp3) is 0.568. The van der Waals surface area contributed by atoms with Crippen LogP contribution in [0.2, 0.25) is 5.02 Å². The number of halogens is 1. The summed E-state index contributed by atoms with van der Waals surface area (Å²) >= 11 is 8.03. The lowest BCUT2D eigenvalue weighted by Gasteiger charge is -2.43. The SMILES string of the molecule is Cc1cccc(OC(=O)N2CCN(C(=O)[C@@H](CCCCN3CCCC3)NC3CCC4(CC3)CCN(Cc3ccccc3)C4)[C@H](C(=O)NCc3cccs3)C2)c1Cl. The smallest absolute Gasteiger partial charge is 0.409 e. The molecule has 2 N–H and O–H groups in total. The van der Waals surface area contributed by atoms with Gasteiger partial charge in [0.2, 0.25) is 11.8 Å². The van der Waals surface area contributed by atoms with Crippen LogP contribution in [0.25, 0.3) is 0 Å². The van der Waals surface area contributed by atoms with Crippen molar-refractivity contribution in [3.05, 3.63) is 87.1 Å². The van der Waals surface area contributed by atoms with Crippen LogP contribution < -0.4 is 15.4 Å². The van der Waals surface area contributed by atoms with Gasteiger partial charge < -0.3 is 30.1 Å². The summed E-state index contributed by atoms with van der Waals surface area (Å²) in [5, 5.41) is 9.28. The Morgan fingerprint density at radius 3 is 2.48 bits per heavy atom. The number of likely N-dealkylation sites (tertiary alicyclic amines) is 2. The van der Waals surface area contributed by atoms with Crippen molar-refractivity contribution in [1.82, 2.24) is 30.2 Å². The van der Waals surface area contributed by atoms with E-state index in [1.54, 1.807) is 28.4 Å². The van der Waals surface area contributed by atoms with Crippen molar-refractivity contribution < 1.29 is 19.1 Å². The number of benzene rings is 2. The lowest BCUT2D eigenvalue weighted by Crippen LogP contribution is -2.64. The van der Waals surface area contributed by atoms with Crippen LogP contribution >= 0.6 is 22.9 Å². The van der Waals surface area contributed by atoms with E-state index < -0.39 is 18.2 Å². The maximum absolute atomic E-state index is 14.8. The molecule has 3 saturated heterocycles. The molecule has 0 radical (unpaired) electrons. The number of thiophene rings is 1. The van der Waals surface area contributed by atoms with Gasteiger partial charge in [-0.05, 0) is 125 Å². The van der Waals surface area contributed by atoms with Gasteiger partial charge in [-0.3, -0.25) is 14.5 Å². The fourth-order valence-electron chi connectivity index (χ4n) is 9.26. The van der Waals surface area contributed by atoms with Gasteiger partial charge in [-0.1, -0.05) is 66.6 Å². The molecule has 1 aliphatic carbocycles. The van der Waals surface area contributed by atoms with Crippen molar-refractivity contribution in [3.63, 3.8) is 0 Å².